The molecule has 1 aliphatic carbocycles. The van der Waals surface area contributed by atoms with Crippen molar-refractivity contribution in [2.45, 2.75) is 36.3 Å². The fraction of sp³-hybridized carbons (Fsp3) is 0.750. The normalized spacial score (nSPS) is 27.5. The van der Waals surface area contributed by atoms with E-state index in [4.69, 9.17) is 0 Å². The van der Waals surface area contributed by atoms with Gasteiger partial charge >= 0.3 is 12.6 Å². The van der Waals surface area contributed by atoms with Gasteiger partial charge in [-0.2, -0.15) is 26.3 Å². The third kappa shape index (κ3) is 3.38. The second-order valence-electron chi connectivity index (χ2n) is 3.35. The number of rotatable bonds is 1. The SMILES string of the molecule is FC(F)(F)N([C@@H]1C=C[C@@H](Br)CC1)C(F)(F)F. The molecule has 94 valence electrons. The Bertz CT molecular complexity index is 257. The van der Waals surface area contributed by atoms with E-state index in [1.54, 1.807) is 0 Å². The molecule has 0 aromatic heterocycles. The van der Waals surface area contributed by atoms with Gasteiger partial charge in [-0.3, -0.25) is 0 Å². The number of allylic oxidation sites excluding steroid dienone is 1. The van der Waals surface area contributed by atoms with Gasteiger partial charge in [-0.15, -0.1) is 4.90 Å². The van der Waals surface area contributed by atoms with Crippen LogP contribution in [0.15, 0.2) is 12.2 Å². The summed E-state index contributed by atoms with van der Waals surface area (Å²) in [7, 11) is 0. The summed E-state index contributed by atoms with van der Waals surface area (Å²) >= 11 is 3.10. The molecule has 0 aliphatic heterocycles. The van der Waals surface area contributed by atoms with Crippen LogP contribution < -0.4 is 0 Å². The molecule has 8 heteroatoms. The Balaban J connectivity index is 2.91. The van der Waals surface area contributed by atoms with Crippen LogP contribution in [0.25, 0.3) is 0 Å². The van der Waals surface area contributed by atoms with E-state index in [1.165, 1.54) is 6.08 Å². The maximum absolute atomic E-state index is 12.3. The average molecular weight is 312 g/mol. The summed E-state index contributed by atoms with van der Waals surface area (Å²) in [5.41, 5.74) is 0. The number of hydrogen-bond donors (Lipinski definition) is 0. The molecule has 0 radical (unpaired) electrons. The first-order valence-corrected chi connectivity index (χ1v) is 5.29. The minimum atomic E-state index is -5.41. The number of hydrogen-bond acceptors (Lipinski definition) is 1. The third-order valence-corrected chi connectivity index (χ3v) is 2.92. The fourth-order valence-electron chi connectivity index (χ4n) is 1.51. The summed E-state index contributed by atoms with van der Waals surface area (Å²) in [6.45, 7) is 0. The highest BCUT2D eigenvalue weighted by molar-refractivity contribution is 9.09. The number of alkyl halides is 7. The van der Waals surface area contributed by atoms with Crippen molar-refractivity contribution in [3.8, 4) is 0 Å². The van der Waals surface area contributed by atoms with Crippen molar-refractivity contribution in [2.24, 2.45) is 0 Å². The van der Waals surface area contributed by atoms with Gasteiger partial charge in [0, 0.05) is 10.9 Å². The molecule has 1 rings (SSSR count). The minimum absolute atomic E-state index is 0.160. The summed E-state index contributed by atoms with van der Waals surface area (Å²) in [6.07, 6.45) is -8.53. The van der Waals surface area contributed by atoms with Gasteiger partial charge in [-0.05, 0) is 12.8 Å². The van der Waals surface area contributed by atoms with Gasteiger partial charge in [0.2, 0.25) is 0 Å². The van der Waals surface area contributed by atoms with E-state index in [1.807, 2.05) is 0 Å². The minimum Gasteiger partial charge on any atom is -0.155 e. The van der Waals surface area contributed by atoms with Crippen LogP contribution in [0.2, 0.25) is 0 Å². The summed E-state index contributed by atoms with van der Waals surface area (Å²) in [4.78, 5) is -1.53. The third-order valence-electron chi connectivity index (χ3n) is 2.16. The van der Waals surface area contributed by atoms with Crippen molar-refractivity contribution >= 4 is 15.9 Å². The van der Waals surface area contributed by atoms with Crippen molar-refractivity contribution < 1.29 is 26.3 Å². The molecule has 0 amide bonds. The van der Waals surface area contributed by atoms with E-state index in [2.05, 4.69) is 15.9 Å². The molecule has 0 aromatic carbocycles. The largest absolute Gasteiger partial charge is 0.467 e. The van der Waals surface area contributed by atoms with E-state index in [0.29, 0.717) is 0 Å². The Kier molecular flexibility index (Phi) is 3.94. The first kappa shape index (κ1) is 13.8. The van der Waals surface area contributed by atoms with Crippen molar-refractivity contribution in [1.29, 1.82) is 0 Å². The smallest absolute Gasteiger partial charge is 0.155 e. The van der Waals surface area contributed by atoms with Crippen LogP contribution in [0.5, 0.6) is 0 Å². The van der Waals surface area contributed by atoms with Crippen LogP contribution in [0, 0.1) is 0 Å². The number of nitrogens with zero attached hydrogens (tertiary/aromatic N) is 1. The fourth-order valence-corrected chi connectivity index (χ4v) is 1.95. The molecule has 0 heterocycles. The van der Waals surface area contributed by atoms with Crippen LogP contribution in [-0.2, 0) is 0 Å². The Hall–Kier alpha value is -0.240. The molecular weight excluding hydrogens is 304 g/mol. The predicted octanol–water partition coefficient (Wildman–Crippen LogP) is 3.81. The van der Waals surface area contributed by atoms with Crippen LogP contribution in [0.4, 0.5) is 26.3 Å². The molecule has 0 aromatic rings. The Morgan fingerprint density at radius 2 is 1.44 bits per heavy atom. The van der Waals surface area contributed by atoms with Crippen LogP contribution in [0.1, 0.15) is 12.8 Å². The molecule has 0 fully saturated rings. The van der Waals surface area contributed by atoms with Gasteiger partial charge in [0.05, 0.1) is 0 Å². The molecular formula is C8H8BrF6N. The average Bonchev–Trinajstić information content (AvgIpc) is 2.03. The van der Waals surface area contributed by atoms with Crippen molar-refractivity contribution in [3.05, 3.63) is 12.2 Å². The second kappa shape index (κ2) is 4.56. The molecule has 1 nitrogen and oxygen atoms in total. The van der Waals surface area contributed by atoms with Crippen molar-refractivity contribution in [3.63, 3.8) is 0 Å². The molecule has 0 saturated carbocycles. The van der Waals surface area contributed by atoms with Gasteiger partial charge in [0.1, 0.15) is 0 Å². The second-order valence-corrected chi connectivity index (χ2v) is 4.53. The highest BCUT2D eigenvalue weighted by atomic mass is 79.9. The van der Waals surface area contributed by atoms with E-state index in [9.17, 15) is 26.3 Å². The molecule has 0 spiro atoms. The molecule has 0 saturated heterocycles. The zero-order valence-electron chi connectivity index (χ0n) is 7.82. The summed E-state index contributed by atoms with van der Waals surface area (Å²) in [6, 6.07) is -1.67. The number of halogens is 7. The van der Waals surface area contributed by atoms with Crippen LogP contribution in [0.3, 0.4) is 0 Å². The molecule has 2 atom stereocenters. The Labute approximate surface area is 96.2 Å². The first-order chi connectivity index (χ1) is 7.12. The quantitative estimate of drug-likeness (QED) is 0.308. The Morgan fingerprint density at radius 1 is 0.938 bits per heavy atom. The maximum atomic E-state index is 12.3. The summed E-state index contributed by atoms with van der Waals surface area (Å²) in [5.74, 6) is 0. The van der Waals surface area contributed by atoms with Gasteiger partial charge in [-0.25, -0.2) is 0 Å². The van der Waals surface area contributed by atoms with Crippen LogP contribution >= 0.6 is 15.9 Å². The summed E-state index contributed by atoms with van der Waals surface area (Å²) in [5, 5.41) is 0. The van der Waals surface area contributed by atoms with E-state index >= 15 is 0 Å². The lowest BCUT2D eigenvalue weighted by Gasteiger charge is -2.34. The zero-order valence-corrected chi connectivity index (χ0v) is 9.40. The molecule has 0 unspecified atom stereocenters. The maximum Gasteiger partial charge on any atom is 0.467 e. The lowest BCUT2D eigenvalue weighted by atomic mass is 10.0. The van der Waals surface area contributed by atoms with E-state index < -0.39 is 23.5 Å². The predicted molar refractivity (Wildman–Crippen MR) is 48.8 cm³/mol. The van der Waals surface area contributed by atoms with Gasteiger partial charge < -0.3 is 0 Å². The summed E-state index contributed by atoms with van der Waals surface area (Å²) < 4.78 is 73.5. The zero-order chi connectivity index (χ0) is 12.6. The van der Waals surface area contributed by atoms with E-state index in [-0.39, 0.29) is 17.7 Å². The lowest BCUT2D eigenvalue weighted by molar-refractivity contribution is -0.381. The van der Waals surface area contributed by atoms with Crippen LogP contribution in [-0.4, -0.2) is 28.4 Å². The Morgan fingerprint density at radius 3 is 1.75 bits per heavy atom. The topological polar surface area (TPSA) is 3.24 Å². The highest BCUT2D eigenvalue weighted by Crippen LogP contribution is 2.38. The first-order valence-electron chi connectivity index (χ1n) is 4.37. The molecule has 0 N–H and O–H groups in total. The lowest BCUT2D eigenvalue weighted by Crippen LogP contribution is -2.53. The van der Waals surface area contributed by atoms with Crippen molar-refractivity contribution in [1.82, 2.24) is 4.90 Å². The van der Waals surface area contributed by atoms with E-state index in [0.717, 1.165) is 6.08 Å². The molecule has 1 aliphatic rings. The monoisotopic (exact) mass is 311 g/mol. The van der Waals surface area contributed by atoms with Gasteiger partial charge in [0.25, 0.3) is 0 Å². The molecule has 0 bridgehead atoms. The molecule has 16 heavy (non-hydrogen) atoms. The van der Waals surface area contributed by atoms with Crippen molar-refractivity contribution in [2.75, 3.05) is 0 Å². The standard InChI is InChI=1S/C8H8BrF6N/c9-5-1-3-6(4-2-5)16(7(10,11)12)8(13,14)15/h1,3,5-6H,2,4H2/t5-,6-/m1/s1. The van der Waals surface area contributed by atoms with Gasteiger partial charge in [0.15, 0.2) is 0 Å². The highest BCUT2D eigenvalue weighted by Gasteiger charge is 2.56. The van der Waals surface area contributed by atoms with Gasteiger partial charge in [-0.1, -0.05) is 28.1 Å².